The first-order valence-corrected chi connectivity index (χ1v) is 8.85. The minimum Gasteiger partial charge on any atom is -0.497 e. The molecule has 2 amide bonds. The van der Waals surface area contributed by atoms with Gasteiger partial charge in [0.05, 0.1) is 19.3 Å². The van der Waals surface area contributed by atoms with Crippen LogP contribution in [0, 0.1) is 0 Å². The van der Waals surface area contributed by atoms with Crippen LogP contribution in [0.25, 0.3) is 0 Å². The summed E-state index contributed by atoms with van der Waals surface area (Å²) in [6.45, 7) is 11.3. The second kappa shape index (κ2) is 8.54. The quantitative estimate of drug-likeness (QED) is 0.828. The summed E-state index contributed by atoms with van der Waals surface area (Å²) in [5, 5.41) is 5.88. The van der Waals surface area contributed by atoms with Gasteiger partial charge in [0.25, 0.3) is 0 Å². The number of rotatable bonds is 6. The number of morpholine rings is 1. The lowest BCUT2D eigenvalue weighted by molar-refractivity contribution is -0.0947. The largest absolute Gasteiger partial charge is 0.497 e. The summed E-state index contributed by atoms with van der Waals surface area (Å²) in [5.74, 6) is 0.788. The molecule has 1 aliphatic heterocycles. The Hall–Kier alpha value is -1.79. The number of hydrogen-bond acceptors (Lipinski definition) is 4. The molecule has 1 saturated heterocycles. The van der Waals surface area contributed by atoms with Crippen LogP contribution in [-0.2, 0) is 11.3 Å². The Labute approximate surface area is 150 Å². The van der Waals surface area contributed by atoms with E-state index in [-0.39, 0.29) is 23.8 Å². The minimum atomic E-state index is -0.162. The van der Waals surface area contributed by atoms with Gasteiger partial charge in [0.15, 0.2) is 0 Å². The fourth-order valence-corrected chi connectivity index (χ4v) is 3.11. The number of benzene rings is 1. The minimum absolute atomic E-state index is 0.125. The maximum atomic E-state index is 12.1. The first-order valence-electron chi connectivity index (χ1n) is 8.85. The summed E-state index contributed by atoms with van der Waals surface area (Å²) in [6.07, 6.45) is 0.426. The molecule has 1 aromatic rings. The van der Waals surface area contributed by atoms with Crippen LogP contribution in [-0.4, -0.2) is 55.4 Å². The van der Waals surface area contributed by atoms with Gasteiger partial charge in [0.1, 0.15) is 5.75 Å². The molecule has 0 unspecified atom stereocenters. The Morgan fingerprint density at radius 2 is 1.96 bits per heavy atom. The van der Waals surface area contributed by atoms with Gasteiger partial charge in [-0.15, -0.1) is 0 Å². The van der Waals surface area contributed by atoms with Crippen LogP contribution in [0.5, 0.6) is 5.75 Å². The summed E-state index contributed by atoms with van der Waals surface area (Å²) in [4.78, 5) is 14.5. The van der Waals surface area contributed by atoms with Crippen LogP contribution in [0.1, 0.15) is 33.3 Å². The lowest BCUT2D eigenvalue weighted by atomic mass is 10.00. The van der Waals surface area contributed by atoms with Crippen molar-refractivity contribution in [2.45, 2.75) is 52.0 Å². The third kappa shape index (κ3) is 5.90. The number of ether oxygens (including phenoxy) is 2. The highest BCUT2D eigenvalue weighted by molar-refractivity contribution is 5.73. The van der Waals surface area contributed by atoms with Gasteiger partial charge in [-0.25, -0.2) is 4.79 Å². The zero-order chi connectivity index (χ0) is 18.4. The van der Waals surface area contributed by atoms with Crippen molar-refractivity contribution >= 4 is 6.03 Å². The number of carbonyl (C=O) groups excluding carboxylic acids is 1. The van der Waals surface area contributed by atoms with E-state index in [0.717, 1.165) is 24.4 Å². The van der Waals surface area contributed by atoms with E-state index >= 15 is 0 Å². The fraction of sp³-hybridized carbons (Fsp3) is 0.632. The second-order valence-electron chi connectivity index (χ2n) is 7.36. The van der Waals surface area contributed by atoms with Crippen molar-refractivity contribution in [2.24, 2.45) is 0 Å². The van der Waals surface area contributed by atoms with Crippen molar-refractivity contribution in [1.29, 1.82) is 0 Å². The maximum Gasteiger partial charge on any atom is 0.315 e. The van der Waals surface area contributed by atoms with E-state index < -0.39 is 0 Å². The van der Waals surface area contributed by atoms with Crippen molar-refractivity contribution in [2.75, 3.05) is 26.7 Å². The number of carbonyl (C=O) groups is 1. The van der Waals surface area contributed by atoms with E-state index in [1.807, 2.05) is 24.3 Å². The van der Waals surface area contributed by atoms with Crippen LogP contribution in [0.2, 0.25) is 0 Å². The van der Waals surface area contributed by atoms with Crippen molar-refractivity contribution in [3.05, 3.63) is 29.8 Å². The number of hydrogen-bond donors (Lipinski definition) is 2. The van der Waals surface area contributed by atoms with E-state index in [4.69, 9.17) is 9.47 Å². The lowest BCUT2D eigenvalue weighted by Crippen LogP contribution is -2.59. The topological polar surface area (TPSA) is 62.8 Å². The first kappa shape index (κ1) is 19.5. The van der Waals surface area contributed by atoms with Crippen LogP contribution in [0.4, 0.5) is 4.79 Å². The predicted octanol–water partition coefficient (Wildman–Crippen LogP) is 2.38. The van der Waals surface area contributed by atoms with Crippen molar-refractivity contribution in [3.63, 3.8) is 0 Å². The zero-order valence-corrected chi connectivity index (χ0v) is 16.0. The molecule has 0 aromatic heterocycles. The average molecular weight is 349 g/mol. The molecule has 2 N–H and O–H groups in total. The Kier molecular flexibility index (Phi) is 6.67. The highest BCUT2D eigenvalue weighted by Gasteiger charge is 2.33. The fourth-order valence-electron chi connectivity index (χ4n) is 3.11. The number of methoxy groups -OCH3 is 1. The third-order valence-corrected chi connectivity index (χ3v) is 4.54. The molecule has 0 aliphatic carbocycles. The van der Waals surface area contributed by atoms with Gasteiger partial charge in [0, 0.05) is 31.7 Å². The average Bonchev–Trinajstić information content (AvgIpc) is 2.57. The van der Waals surface area contributed by atoms with Gasteiger partial charge in [0.2, 0.25) is 0 Å². The molecule has 1 fully saturated rings. The SMILES string of the molecule is COc1cccc(CNC(=O)NCC(C)(C)N2C[C@H](C)O[C@@H](C)C2)c1. The van der Waals surface area contributed by atoms with E-state index in [1.165, 1.54) is 0 Å². The molecule has 0 radical (unpaired) electrons. The van der Waals surface area contributed by atoms with Crippen LogP contribution >= 0.6 is 0 Å². The number of nitrogens with zero attached hydrogens (tertiary/aromatic N) is 1. The molecule has 2 rings (SSSR count). The number of urea groups is 1. The molecule has 0 spiro atoms. The van der Waals surface area contributed by atoms with Gasteiger partial charge in [-0.1, -0.05) is 12.1 Å². The Balaban J connectivity index is 1.80. The van der Waals surface area contributed by atoms with Gasteiger partial charge >= 0.3 is 6.03 Å². The van der Waals surface area contributed by atoms with Crippen LogP contribution in [0.15, 0.2) is 24.3 Å². The molecule has 140 valence electrons. The number of amides is 2. The maximum absolute atomic E-state index is 12.1. The molecule has 2 atom stereocenters. The molecule has 0 saturated carbocycles. The van der Waals surface area contributed by atoms with E-state index in [2.05, 4.69) is 43.2 Å². The van der Waals surface area contributed by atoms with Crippen LogP contribution < -0.4 is 15.4 Å². The van der Waals surface area contributed by atoms with E-state index in [1.54, 1.807) is 7.11 Å². The molecule has 6 heteroatoms. The Morgan fingerprint density at radius 3 is 2.60 bits per heavy atom. The van der Waals surface area contributed by atoms with Gasteiger partial charge in [-0.05, 0) is 45.4 Å². The highest BCUT2D eigenvalue weighted by atomic mass is 16.5. The third-order valence-electron chi connectivity index (χ3n) is 4.54. The smallest absolute Gasteiger partial charge is 0.315 e. The summed E-state index contributed by atoms with van der Waals surface area (Å²) < 4.78 is 11.0. The van der Waals surface area contributed by atoms with E-state index in [9.17, 15) is 4.79 Å². The van der Waals surface area contributed by atoms with Gasteiger partial charge < -0.3 is 20.1 Å². The van der Waals surface area contributed by atoms with Crippen LogP contribution in [0.3, 0.4) is 0 Å². The summed E-state index contributed by atoms with van der Waals surface area (Å²) >= 11 is 0. The summed E-state index contributed by atoms with van der Waals surface area (Å²) in [7, 11) is 1.63. The predicted molar refractivity (Wildman–Crippen MR) is 98.9 cm³/mol. The molecule has 1 aliphatic rings. The molecule has 1 aromatic carbocycles. The number of nitrogens with one attached hydrogen (secondary N) is 2. The van der Waals surface area contributed by atoms with Gasteiger partial charge in [-0.2, -0.15) is 0 Å². The van der Waals surface area contributed by atoms with Gasteiger partial charge in [-0.3, -0.25) is 4.90 Å². The van der Waals surface area contributed by atoms with Crippen molar-refractivity contribution in [3.8, 4) is 5.75 Å². The molecule has 6 nitrogen and oxygen atoms in total. The molecular weight excluding hydrogens is 318 g/mol. The van der Waals surface area contributed by atoms with Crippen molar-refractivity contribution < 1.29 is 14.3 Å². The molecular formula is C19H31N3O3. The first-order chi connectivity index (χ1) is 11.8. The Bertz CT molecular complexity index is 567. The van der Waals surface area contributed by atoms with E-state index in [0.29, 0.717) is 13.1 Å². The highest BCUT2D eigenvalue weighted by Crippen LogP contribution is 2.20. The molecule has 1 heterocycles. The zero-order valence-electron chi connectivity index (χ0n) is 16.0. The summed E-state index contributed by atoms with van der Waals surface area (Å²) in [6, 6.07) is 7.52. The monoisotopic (exact) mass is 349 g/mol. The normalized spacial score (nSPS) is 21.6. The van der Waals surface area contributed by atoms with Crippen molar-refractivity contribution in [1.82, 2.24) is 15.5 Å². The standard InChI is InChI=1S/C19H31N3O3/c1-14-11-22(12-15(2)25-14)19(3,4)13-21-18(23)20-10-16-7-6-8-17(9-16)24-5/h6-9,14-15H,10-13H2,1-5H3,(H2,20,21,23)/t14-,15-/m0/s1. The Morgan fingerprint density at radius 1 is 1.28 bits per heavy atom. The molecule has 0 bridgehead atoms. The molecule has 25 heavy (non-hydrogen) atoms. The summed E-state index contributed by atoms with van der Waals surface area (Å²) in [5.41, 5.74) is 0.879. The second-order valence-corrected chi connectivity index (χ2v) is 7.36. The lowest BCUT2D eigenvalue weighted by Gasteiger charge is -2.45.